The van der Waals surface area contributed by atoms with Crippen LogP contribution in [0.4, 0.5) is 0 Å². The van der Waals surface area contributed by atoms with E-state index in [0.29, 0.717) is 41.7 Å². The van der Waals surface area contributed by atoms with Crippen LogP contribution in [0, 0.1) is 0 Å². The van der Waals surface area contributed by atoms with E-state index in [1.54, 1.807) is 6.08 Å². The van der Waals surface area contributed by atoms with Crippen molar-refractivity contribution in [3.8, 4) is 23.0 Å². The number of rotatable bonds is 5. The summed E-state index contributed by atoms with van der Waals surface area (Å²) in [6.45, 7) is 1.48. The number of aromatic nitrogens is 2. The maximum absolute atomic E-state index is 14.4. The highest BCUT2D eigenvalue weighted by Crippen LogP contribution is 2.44. The van der Waals surface area contributed by atoms with Crippen LogP contribution in [0.1, 0.15) is 61.6 Å². The molecule has 0 bridgehead atoms. The number of H-pyrrole nitrogens is 2. The van der Waals surface area contributed by atoms with Gasteiger partial charge in [0.05, 0.1) is 12.1 Å². The highest BCUT2D eigenvalue weighted by molar-refractivity contribution is 5.97. The Labute approximate surface area is 321 Å². The Morgan fingerprint density at radius 3 is 1.70 bits per heavy atom. The molecule has 0 aliphatic carbocycles. The molecule has 7 aromatic rings. The topological polar surface area (TPSA) is 109 Å². The van der Waals surface area contributed by atoms with E-state index in [1.165, 1.54) is 21.9 Å². The highest BCUT2D eigenvalue weighted by Gasteiger charge is 2.37. The Kier molecular flexibility index (Phi) is 7.45. The SMILES string of the molecule is O=C(/C=C/c1ccc(C(=O)N2CCc3c([nH]c4ccccc34)C2c2ccc3c(c2)OCO3)cc1)N1CCc2c([nH]c3ccccc23)C1c1ccc2c(c1)OCO2. The molecular weight excluding hydrogens is 705 g/mol. The van der Waals surface area contributed by atoms with Gasteiger partial charge in [-0.1, -0.05) is 60.7 Å². The number of aromatic amines is 2. The summed E-state index contributed by atoms with van der Waals surface area (Å²) in [4.78, 5) is 39.6. The number of ether oxygens (including phenoxy) is 4. The van der Waals surface area contributed by atoms with Crippen molar-refractivity contribution in [1.29, 1.82) is 0 Å². The molecule has 2 amide bonds. The fourth-order valence-electron chi connectivity index (χ4n) is 8.96. The summed E-state index contributed by atoms with van der Waals surface area (Å²) in [6.07, 6.45) is 4.92. The van der Waals surface area contributed by atoms with Crippen molar-refractivity contribution in [3.05, 3.63) is 160 Å². The molecule has 0 saturated heterocycles. The summed E-state index contributed by atoms with van der Waals surface area (Å²) in [5.74, 6) is 2.58. The van der Waals surface area contributed by atoms with Crippen molar-refractivity contribution >= 4 is 39.7 Å². The minimum Gasteiger partial charge on any atom is -0.454 e. The van der Waals surface area contributed by atoms with E-state index >= 15 is 0 Å². The largest absolute Gasteiger partial charge is 0.454 e. The average molecular weight is 741 g/mol. The molecule has 2 aromatic heterocycles. The van der Waals surface area contributed by atoms with Crippen LogP contribution in [0.15, 0.2) is 115 Å². The van der Waals surface area contributed by atoms with Gasteiger partial charge in [-0.25, -0.2) is 0 Å². The zero-order valence-corrected chi connectivity index (χ0v) is 30.3. The van der Waals surface area contributed by atoms with Crippen molar-refractivity contribution in [2.24, 2.45) is 0 Å². The molecule has 0 fully saturated rings. The van der Waals surface area contributed by atoms with Gasteiger partial charge in [0.15, 0.2) is 23.0 Å². The summed E-state index contributed by atoms with van der Waals surface area (Å²) in [6, 6.07) is 35.2. The predicted molar refractivity (Wildman–Crippen MR) is 211 cm³/mol. The Morgan fingerprint density at radius 2 is 1.11 bits per heavy atom. The van der Waals surface area contributed by atoms with Gasteiger partial charge < -0.3 is 38.7 Å². The molecule has 10 heteroatoms. The molecule has 4 aliphatic rings. The Bertz CT molecular complexity index is 2750. The highest BCUT2D eigenvalue weighted by atomic mass is 16.7. The number of carbonyl (C=O) groups is 2. The van der Waals surface area contributed by atoms with Gasteiger partial charge in [-0.2, -0.15) is 0 Å². The summed E-state index contributed by atoms with van der Waals surface area (Å²) in [5, 5.41) is 2.36. The normalized spacial score (nSPS) is 18.1. The predicted octanol–water partition coefficient (Wildman–Crippen LogP) is 8.08. The van der Waals surface area contributed by atoms with Gasteiger partial charge >= 0.3 is 0 Å². The second kappa shape index (κ2) is 12.8. The number of hydrogen-bond donors (Lipinski definition) is 2. The standard InChI is InChI=1S/C46H36N4O6/c51-41(49-21-19-33-31-5-1-3-7-35(31)47-42(33)44(49)29-14-16-37-39(23-29)55-25-53-37)18-11-27-9-12-28(13-10-27)46(52)50-22-20-34-32-6-2-4-8-36(32)48-43(34)45(50)30-15-17-38-40(24-30)56-26-54-38/h1-18,23-24,44-45,47-48H,19-22,25-26H2/b18-11+. The van der Waals surface area contributed by atoms with Crippen LogP contribution in [0.25, 0.3) is 27.9 Å². The van der Waals surface area contributed by atoms with Gasteiger partial charge in [0.2, 0.25) is 19.5 Å². The third-order valence-corrected chi connectivity index (χ3v) is 11.6. The van der Waals surface area contributed by atoms with E-state index in [1.807, 2.05) is 88.7 Å². The summed E-state index contributed by atoms with van der Waals surface area (Å²) in [5.41, 5.74) is 9.88. The van der Waals surface area contributed by atoms with Gasteiger partial charge in [0, 0.05) is 57.9 Å². The van der Waals surface area contributed by atoms with E-state index in [9.17, 15) is 9.59 Å². The maximum Gasteiger partial charge on any atom is 0.254 e. The minimum absolute atomic E-state index is 0.0717. The molecule has 2 unspecified atom stereocenters. The van der Waals surface area contributed by atoms with Crippen molar-refractivity contribution in [2.45, 2.75) is 24.9 Å². The molecule has 5 aromatic carbocycles. The molecule has 2 N–H and O–H groups in total. The molecule has 0 radical (unpaired) electrons. The number of nitrogens with zero attached hydrogens (tertiary/aromatic N) is 2. The number of nitrogens with one attached hydrogen (secondary N) is 2. The molecule has 6 heterocycles. The van der Waals surface area contributed by atoms with E-state index in [-0.39, 0.29) is 37.5 Å². The molecule has 276 valence electrons. The van der Waals surface area contributed by atoms with Crippen molar-refractivity contribution in [3.63, 3.8) is 0 Å². The van der Waals surface area contributed by atoms with Gasteiger partial charge in [0.25, 0.3) is 5.91 Å². The molecular formula is C46H36N4O6. The van der Waals surface area contributed by atoms with Crippen molar-refractivity contribution in [1.82, 2.24) is 19.8 Å². The molecule has 2 atom stereocenters. The average Bonchev–Trinajstić information content (AvgIpc) is 4.06. The van der Waals surface area contributed by atoms with Crippen LogP contribution < -0.4 is 18.9 Å². The quantitative estimate of drug-likeness (QED) is 0.173. The van der Waals surface area contributed by atoms with Gasteiger partial charge in [-0.15, -0.1) is 0 Å². The number of para-hydroxylation sites is 2. The molecule has 11 rings (SSSR count). The van der Waals surface area contributed by atoms with Crippen LogP contribution in [0.5, 0.6) is 23.0 Å². The van der Waals surface area contributed by atoms with Crippen LogP contribution in [0.2, 0.25) is 0 Å². The van der Waals surface area contributed by atoms with Crippen LogP contribution in [-0.2, 0) is 17.6 Å². The lowest BCUT2D eigenvalue weighted by atomic mass is 9.91. The molecule has 56 heavy (non-hydrogen) atoms. The maximum atomic E-state index is 14.4. The van der Waals surface area contributed by atoms with Crippen LogP contribution in [-0.4, -0.2) is 58.3 Å². The lowest BCUT2D eigenvalue weighted by Gasteiger charge is -2.36. The third kappa shape index (κ3) is 5.24. The molecule has 0 spiro atoms. The first-order valence-electron chi connectivity index (χ1n) is 19.0. The molecule has 10 nitrogen and oxygen atoms in total. The van der Waals surface area contributed by atoms with Crippen LogP contribution in [0.3, 0.4) is 0 Å². The fraction of sp³-hybridized carbons (Fsp3) is 0.174. The van der Waals surface area contributed by atoms with Gasteiger partial charge in [-0.05, 0) is 95.3 Å². The summed E-state index contributed by atoms with van der Waals surface area (Å²) in [7, 11) is 0. The molecule has 4 aliphatic heterocycles. The summed E-state index contributed by atoms with van der Waals surface area (Å²) >= 11 is 0. The first kappa shape index (κ1) is 32.5. The van der Waals surface area contributed by atoms with Crippen molar-refractivity contribution in [2.75, 3.05) is 26.7 Å². The second-order valence-electron chi connectivity index (χ2n) is 14.6. The van der Waals surface area contributed by atoms with Crippen molar-refractivity contribution < 1.29 is 28.5 Å². The van der Waals surface area contributed by atoms with E-state index in [2.05, 4.69) is 46.4 Å². The Morgan fingerprint density at radius 1 is 0.589 bits per heavy atom. The lowest BCUT2D eigenvalue weighted by molar-refractivity contribution is -0.128. The zero-order chi connectivity index (χ0) is 37.3. The first-order chi connectivity index (χ1) is 27.6. The smallest absolute Gasteiger partial charge is 0.254 e. The number of fused-ring (bicyclic) bond motifs is 8. The minimum atomic E-state index is -0.342. The lowest BCUT2D eigenvalue weighted by Crippen LogP contribution is -2.40. The Balaban J connectivity index is 0.874. The van der Waals surface area contributed by atoms with Gasteiger partial charge in [0.1, 0.15) is 0 Å². The molecule has 0 saturated carbocycles. The van der Waals surface area contributed by atoms with E-state index in [0.717, 1.165) is 52.0 Å². The Hall–Kier alpha value is -6.94. The number of benzene rings is 5. The third-order valence-electron chi connectivity index (χ3n) is 11.6. The van der Waals surface area contributed by atoms with Gasteiger partial charge in [-0.3, -0.25) is 9.59 Å². The second-order valence-corrected chi connectivity index (χ2v) is 14.6. The zero-order valence-electron chi connectivity index (χ0n) is 30.3. The van der Waals surface area contributed by atoms with Crippen LogP contribution >= 0.6 is 0 Å². The summed E-state index contributed by atoms with van der Waals surface area (Å²) < 4.78 is 22.7. The number of amides is 2. The number of hydrogen-bond acceptors (Lipinski definition) is 6. The number of carbonyl (C=O) groups excluding carboxylic acids is 2. The monoisotopic (exact) mass is 740 g/mol. The van der Waals surface area contributed by atoms with E-state index < -0.39 is 0 Å². The first-order valence-corrected chi connectivity index (χ1v) is 19.0. The fourth-order valence-corrected chi connectivity index (χ4v) is 8.96. The van der Waals surface area contributed by atoms with E-state index in [4.69, 9.17) is 18.9 Å².